The summed E-state index contributed by atoms with van der Waals surface area (Å²) in [5.41, 5.74) is 0. The van der Waals surface area contributed by atoms with Crippen LogP contribution in [0.3, 0.4) is 0 Å². The van der Waals surface area contributed by atoms with Gasteiger partial charge in [0.25, 0.3) is 0 Å². The van der Waals surface area contributed by atoms with Gasteiger partial charge in [-0.15, -0.1) is 0 Å². The predicted octanol–water partition coefficient (Wildman–Crippen LogP) is 3.80. The smallest absolute Gasteiger partial charge is 0.0545 e. The molecule has 1 aliphatic carbocycles. The Labute approximate surface area is 95.3 Å². The minimum absolute atomic E-state index is 0.0577. The molecule has 2 fully saturated rings. The Bertz CT molecular complexity index is 193. The van der Waals surface area contributed by atoms with Crippen molar-refractivity contribution < 1.29 is 5.11 Å². The highest BCUT2D eigenvalue weighted by molar-refractivity contribution is 6.78. The molecule has 0 bridgehead atoms. The molecule has 0 radical (unpaired) electrons. The minimum atomic E-state index is -1.02. The number of hydrogen-bond donors (Lipinski definition) is 1. The van der Waals surface area contributed by atoms with E-state index < -0.39 is 8.07 Å². The van der Waals surface area contributed by atoms with Crippen molar-refractivity contribution in [3.8, 4) is 0 Å². The van der Waals surface area contributed by atoms with Gasteiger partial charge in [0.1, 0.15) is 0 Å². The van der Waals surface area contributed by atoms with E-state index in [0.717, 1.165) is 0 Å². The van der Waals surface area contributed by atoms with Crippen molar-refractivity contribution in [2.45, 2.75) is 75.7 Å². The second-order valence-electron chi connectivity index (χ2n) is 6.19. The van der Waals surface area contributed by atoms with E-state index in [1.807, 2.05) is 0 Å². The fourth-order valence-corrected chi connectivity index (χ4v) is 7.83. The molecular weight excluding hydrogens is 200 g/mol. The van der Waals surface area contributed by atoms with Gasteiger partial charge in [0.15, 0.2) is 0 Å². The van der Waals surface area contributed by atoms with Gasteiger partial charge in [-0.05, 0) is 24.8 Å². The van der Waals surface area contributed by atoms with Crippen LogP contribution in [-0.2, 0) is 0 Å². The molecule has 1 aliphatic heterocycles. The maximum Gasteiger partial charge on any atom is 0.0545 e. The van der Waals surface area contributed by atoms with Gasteiger partial charge in [0.05, 0.1) is 14.2 Å². The van der Waals surface area contributed by atoms with Crippen LogP contribution in [0.15, 0.2) is 0 Å². The van der Waals surface area contributed by atoms with Crippen LogP contribution >= 0.6 is 0 Å². The van der Waals surface area contributed by atoms with Gasteiger partial charge in [0.2, 0.25) is 0 Å². The highest BCUT2D eigenvalue weighted by Gasteiger charge is 2.34. The molecule has 15 heavy (non-hydrogen) atoms. The molecule has 88 valence electrons. The summed E-state index contributed by atoms with van der Waals surface area (Å²) >= 11 is 0. The summed E-state index contributed by atoms with van der Waals surface area (Å²) in [7, 11) is -1.02. The molecule has 1 atom stereocenters. The minimum Gasteiger partial charge on any atom is -0.393 e. The largest absolute Gasteiger partial charge is 0.393 e. The van der Waals surface area contributed by atoms with Crippen LogP contribution < -0.4 is 0 Å². The SMILES string of the molecule is C[Si]1(C[C@@H](O)C2CCCC2)CCCCC1. The molecule has 2 rings (SSSR count). The Morgan fingerprint density at radius 3 is 2.27 bits per heavy atom. The number of rotatable bonds is 3. The molecular formula is C13H26OSi. The first-order valence-corrected chi connectivity index (χ1v) is 10.00. The third-order valence-electron chi connectivity index (χ3n) is 4.71. The Kier molecular flexibility index (Phi) is 3.89. The van der Waals surface area contributed by atoms with Gasteiger partial charge in [-0.25, -0.2) is 0 Å². The highest BCUT2D eigenvalue weighted by atomic mass is 28.3. The van der Waals surface area contributed by atoms with E-state index in [9.17, 15) is 5.11 Å². The van der Waals surface area contributed by atoms with Crippen LogP contribution in [0.25, 0.3) is 0 Å². The van der Waals surface area contributed by atoms with Gasteiger partial charge in [-0.3, -0.25) is 0 Å². The van der Waals surface area contributed by atoms with Crippen molar-refractivity contribution in [1.82, 2.24) is 0 Å². The normalized spacial score (nSPS) is 29.2. The van der Waals surface area contributed by atoms with Crippen LogP contribution in [0.2, 0.25) is 24.7 Å². The fraction of sp³-hybridized carbons (Fsp3) is 1.00. The van der Waals surface area contributed by atoms with Crippen molar-refractivity contribution in [1.29, 1.82) is 0 Å². The lowest BCUT2D eigenvalue weighted by Gasteiger charge is -2.34. The van der Waals surface area contributed by atoms with Gasteiger partial charge < -0.3 is 5.11 Å². The molecule has 0 amide bonds. The first kappa shape index (κ1) is 11.7. The van der Waals surface area contributed by atoms with Gasteiger partial charge in [-0.2, -0.15) is 0 Å². The average Bonchev–Trinajstić information content (AvgIpc) is 2.70. The number of aliphatic hydroxyl groups excluding tert-OH is 1. The van der Waals surface area contributed by atoms with E-state index in [0.29, 0.717) is 5.92 Å². The molecule has 0 spiro atoms. The van der Waals surface area contributed by atoms with Gasteiger partial charge in [0, 0.05) is 0 Å². The quantitative estimate of drug-likeness (QED) is 0.726. The zero-order chi connectivity index (χ0) is 10.7. The van der Waals surface area contributed by atoms with Gasteiger partial charge >= 0.3 is 0 Å². The maximum absolute atomic E-state index is 10.3. The van der Waals surface area contributed by atoms with Crippen molar-refractivity contribution in [3.05, 3.63) is 0 Å². The molecule has 2 aliphatic rings. The Balaban J connectivity index is 1.83. The molecule has 1 heterocycles. The highest BCUT2D eigenvalue weighted by Crippen LogP contribution is 2.37. The Morgan fingerprint density at radius 1 is 1.07 bits per heavy atom. The van der Waals surface area contributed by atoms with Crippen LogP contribution in [0.4, 0.5) is 0 Å². The summed E-state index contributed by atoms with van der Waals surface area (Å²) in [4.78, 5) is 0. The summed E-state index contributed by atoms with van der Waals surface area (Å²) in [6.45, 7) is 2.53. The van der Waals surface area contributed by atoms with Crippen molar-refractivity contribution >= 4 is 8.07 Å². The molecule has 0 unspecified atom stereocenters. The molecule has 0 aromatic heterocycles. The standard InChI is InChI=1S/C13H26OSi/c1-15(9-5-2-6-10-15)11-13(14)12-7-3-4-8-12/h12-14H,2-11H2,1H3/t13-/m1/s1. The zero-order valence-corrected chi connectivity index (χ0v) is 11.2. The third kappa shape index (κ3) is 3.07. The summed E-state index contributed by atoms with van der Waals surface area (Å²) in [5, 5.41) is 10.3. The van der Waals surface area contributed by atoms with Crippen molar-refractivity contribution in [3.63, 3.8) is 0 Å². The third-order valence-corrected chi connectivity index (χ3v) is 9.23. The molecule has 0 aromatic rings. The predicted molar refractivity (Wildman–Crippen MR) is 67.9 cm³/mol. The fourth-order valence-electron chi connectivity index (χ4n) is 3.62. The molecule has 2 heteroatoms. The zero-order valence-electron chi connectivity index (χ0n) is 10.2. The van der Waals surface area contributed by atoms with E-state index in [1.165, 1.54) is 63.1 Å². The lowest BCUT2D eigenvalue weighted by Crippen LogP contribution is -2.38. The Hall–Kier alpha value is 0.177. The molecule has 1 nitrogen and oxygen atoms in total. The van der Waals surface area contributed by atoms with E-state index in [2.05, 4.69) is 6.55 Å². The topological polar surface area (TPSA) is 20.2 Å². The number of aliphatic hydroxyl groups is 1. The van der Waals surface area contributed by atoms with Crippen LogP contribution in [0.1, 0.15) is 44.9 Å². The second kappa shape index (κ2) is 5.01. The first-order valence-electron chi connectivity index (χ1n) is 6.88. The van der Waals surface area contributed by atoms with Crippen molar-refractivity contribution in [2.24, 2.45) is 5.92 Å². The van der Waals surface area contributed by atoms with Crippen LogP contribution in [0, 0.1) is 5.92 Å². The van der Waals surface area contributed by atoms with Crippen LogP contribution in [-0.4, -0.2) is 19.3 Å². The second-order valence-corrected chi connectivity index (χ2v) is 11.2. The summed E-state index contributed by atoms with van der Waals surface area (Å²) in [5.74, 6) is 0.663. The first-order chi connectivity index (χ1) is 7.20. The van der Waals surface area contributed by atoms with E-state index in [4.69, 9.17) is 0 Å². The lowest BCUT2D eigenvalue weighted by molar-refractivity contribution is 0.127. The van der Waals surface area contributed by atoms with Crippen LogP contribution in [0.5, 0.6) is 0 Å². The van der Waals surface area contributed by atoms with E-state index in [1.54, 1.807) is 0 Å². The molecule has 1 saturated heterocycles. The lowest BCUT2D eigenvalue weighted by atomic mass is 10.0. The maximum atomic E-state index is 10.3. The summed E-state index contributed by atoms with van der Waals surface area (Å²) in [6.07, 6.45) is 9.71. The summed E-state index contributed by atoms with van der Waals surface area (Å²) in [6, 6.07) is 4.17. The van der Waals surface area contributed by atoms with E-state index in [-0.39, 0.29) is 6.10 Å². The Morgan fingerprint density at radius 2 is 1.67 bits per heavy atom. The van der Waals surface area contributed by atoms with Crippen molar-refractivity contribution in [2.75, 3.05) is 0 Å². The molecule has 1 saturated carbocycles. The summed E-state index contributed by atoms with van der Waals surface area (Å²) < 4.78 is 0. The average molecular weight is 226 g/mol. The van der Waals surface area contributed by atoms with Gasteiger partial charge in [-0.1, -0.05) is 50.7 Å². The number of hydrogen-bond acceptors (Lipinski definition) is 1. The molecule has 1 N–H and O–H groups in total. The monoisotopic (exact) mass is 226 g/mol. The molecule has 0 aromatic carbocycles. The van der Waals surface area contributed by atoms with E-state index >= 15 is 0 Å².